The van der Waals surface area contributed by atoms with Crippen LogP contribution in [0.3, 0.4) is 0 Å². The highest BCUT2D eigenvalue weighted by molar-refractivity contribution is 7.99. The van der Waals surface area contributed by atoms with Crippen LogP contribution in [0.2, 0.25) is 0 Å². The highest BCUT2D eigenvalue weighted by atomic mass is 32.2. The van der Waals surface area contributed by atoms with E-state index in [4.69, 9.17) is 5.11 Å². The van der Waals surface area contributed by atoms with E-state index in [0.29, 0.717) is 5.25 Å². The van der Waals surface area contributed by atoms with Crippen molar-refractivity contribution in [1.82, 2.24) is 9.78 Å². The summed E-state index contributed by atoms with van der Waals surface area (Å²) in [7, 11) is 0. The molecule has 0 aliphatic rings. The number of nitrogens with zero attached hydrogens (tertiary/aromatic N) is 2. The lowest BCUT2D eigenvalue weighted by molar-refractivity contribution is 0.300. The Labute approximate surface area is 105 Å². The first-order valence-corrected chi connectivity index (χ1v) is 6.66. The average Bonchev–Trinajstić information content (AvgIpc) is 2.90. The van der Waals surface area contributed by atoms with Crippen LogP contribution >= 0.6 is 11.8 Å². The topological polar surface area (TPSA) is 38.0 Å². The van der Waals surface area contributed by atoms with Crippen molar-refractivity contribution in [3.8, 4) is 5.69 Å². The van der Waals surface area contributed by atoms with E-state index >= 15 is 0 Å². The number of aliphatic hydroxyl groups is 1. The van der Waals surface area contributed by atoms with Crippen molar-refractivity contribution in [2.45, 2.75) is 17.9 Å². The molecule has 3 nitrogen and oxygen atoms in total. The number of thioether (sulfide) groups is 1. The highest BCUT2D eigenvalue weighted by Gasteiger charge is 2.02. The molecule has 90 valence electrons. The fourth-order valence-electron chi connectivity index (χ4n) is 1.46. The number of hydrogen-bond donors (Lipinski definition) is 1. The summed E-state index contributed by atoms with van der Waals surface area (Å²) < 4.78 is 1.84. The second-order valence-corrected chi connectivity index (χ2v) is 5.35. The Kier molecular flexibility index (Phi) is 4.23. The van der Waals surface area contributed by atoms with Gasteiger partial charge in [-0.05, 0) is 23.8 Å². The smallest absolute Gasteiger partial charge is 0.0645 e. The Bertz CT molecular complexity index is 439. The van der Waals surface area contributed by atoms with Crippen molar-refractivity contribution >= 4 is 11.8 Å². The molecule has 1 N–H and O–H groups in total. The summed E-state index contributed by atoms with van der Waals surface area (Å²) in [5, 5.41) is 13.4. The van der Waals surface area contributed by atoms with Gasteiger partial charge in [-0.25, -0.2) is 4.68 Å². The predicted molar refractivity (Wildman–Crippen MR) is 71.4 cm³/mol. The van der Waals surface area contributed by atoms with Gasteiger partial charge in [0.2, 0.25) is 0 Å². The third-order valence-corrected chi connectivity index (χ3v) is 3.72. The van der Waals surface area contributed by atoms with Gasteiger partial charge in [0.1, 0.15) is 0 Å². The molecular formula is C13H16N2OS. The van der Waals surface area contributed by atoms with Crippen molar-refractivity contribution in [2.75, 3.05) is 6.61 Å². The summed E-state index contributed by atoms with van der Waals surface area (Å²) in [5.74, 6) is 0.932. The van der Waals surface area contributed by atoms with Gasteiger partial charge in [0.25, 0.3) is 0 Å². The molecule has 0 radical (unpaired) electrons. The zero-order chi connectivity index (χ0) is 12.1. The number of benzene rings is 1. The molecule has 1 unspecified atom stereocenters. The summed E-state index contributed by atoms with van der Waals surface area (Å²) in [6, 6.07) is 10.2. The number of rotatable bonds is 5. The third-order valence-electron chi connectivity index (χ3n) is 2.50. The first kappa shape index (κ1) is 12.2. The minimum absolute atomic E-state index is 0.232. The van der Waals surface area contributed by atoms with Crippen molar-refractivity contribution < 1.29 is 5.11 Å². The molecule has 17 heavy (non-hydrogen) atoms. The van der Waals surface area contributed by atoms with E-state index < -0.39 is 0 Å². The molecular weight excluding hydrogens is 232 g/mol. The molecule has 0 saturated heterocycles. The monoisotopic (exact) mass is 248 g/mol. The fourth-order valence-corrected chi connectivity index (χ4v) is 2.23. The Morgan fingerprint density at radius 1 is 1.35 bits per heavy atom. The number of hydrogen-bond acceptors (Lipinski definition) is 3. The minimum atomic E-state index is 0.232. The molecule has 0 aliphatic carbocycles. The van der Waals surface area contributed by atoms with Crippen LogP contribution in [0.15, 0.2) is 42.7 Å². The lowest BCUT2D eigenvalue weighted by Crippen LogP contribution is -2.02. The molecule has 1 heterocycles. The van der Waals surface area contributed by atoms with Crippen LogP contribution in [0, 0.1) is 0 Å². The Morgan fingerprint density at radius 3 is 2.71 bits per heavy atom. The van der Waals surface area contributed by atoms with Crippen molar-refractivity contribution in [3.63, 3.8) is 0 Å². The molecule has 0 aliphatic heterocycles. The van der Waals surface area contributed by atoms with Crippen molar-refractivity contribution in [2.24, 2.45) is 0 Å². The molecule has 4 heteroatoms. The van der Waals surface area contributed by atoms with Crippen molar-refractivity contribution in [1.29, 1.82) is 0 Å². The summed E-state index contributed by atoms with van der Waals surface area (Å²) in [6.07, 6.45) is 3.70. The quantitative estimate of drug-likeness (QED) is 0.883. The largest absolute Gasteiger partial charge is 0.395 e. The normalized spacial score (nSPS) is 12.6. The van der Waals surface area contributed by atoms with Crippen LogP contribution in [0.4, 0.5) is 0 Å². The Morgan fingerprint density at radius 2 is 2.12 bits per heavy atom. The van der Waals surface area contributed by atoms with Crippen LogP contribution in [-0.2, 0) is 5.75 Å². The van der Waals surface area contributed by atoms with E-state index in [1.54, 1.807) is 18.0 Å². The minimum Gasteiger partial charge on any atom is -0.395 e. The standard InChI is InChI=1S/C13H16N2OS/c1-11(9-16)17-10-12-3-5-13(6-4-12)15-8-2-7-14-15/h2-8,11,16H,9-10H2,1H3. The maximum atomic E-state index is 8.95. The van der Waals surface area contributed by atoms with Gasteiger partial charge in [-0.1, -0.05) is 19.1 Å². The lowest BCUT2D eigenvalue weighted by atomic mass is 10.2. The van der Waals surface area contributed by atoms with E-state index in [2.05, 4.69) is 29.4 Å². The fraction of sp³-hybridized carbons (Fsp3) is 0.308. The molecule has 0 spiro atoms. The number of aromatic nitrogens is 2. The summed E-state index contributed by atoms with van der Waals surface area (Å²) in [4.78, 5) is 0. The van der Waals surface area contributed by atoms with E-state index in [1.807, 2.05) is 23.9 Å². The molecule has 1 aromatic heterocycles. The van der Waals surface area contributed by atoms with Gasteiger partial charge in [0.05, 0.1) is 12.3 Å². The van der Waals surface area contributed by atoms with Crippen molar-refractivity contribution in [3.05, 3.63) is 48.3 Å². The number of aliphatic hydroxyl groups excluding tert-OH is 1. The van der Waals surface area contributed by atoms with E-state index in [1.165, 1.54) is 5.56 Å². The first-order chi connectivity index (χ1) is 8.29. The van der Waals surface area contributed by atoms with Gasteiger partial charge in [-0.15, -0.1) is 0 Å². The maximum absolute atomic E-state index is 8.95. The van der Waals surface area contributed by atoms with Gasteiger partial charge in [0.15, 0.2) is 0 Å². The molecule has 2 aromatic rings. The molecule has 0 saturated carbocycles. The maximum Gasteiger partial charge on any atom is 0.0645 e. The zero-order valence-corrected chi connectivity index (χ0v) is 10.6. The average molecular weight is 248 g/mol. The van der Waals surface area contributed by atoms with Gasteiger partial charge >= 0.3 is 0 Å². The third kappa shape index (κ3) is 3.35. The summed E-state index contributed by atoms with van der Waals surface area (Å²) in [6.45, 7) is 2.26. The molecule has 0 fully saturated rings. The second-order valence-electron chi connectivity index (χ2n) is 3.92. The van der Waals surface area contributed by atoms with Gasteiger partial charge < -0.3 is 5.11 Å². The molecule has 1 atom stereocenters. The van der Waals surface area contributed by atoms with Gasteiger partial charge in [0, 0.05) is 23.4 Å². The van der Waals surface area contributed by atoms with Crippen LogP contribution in [0.1, 0.15) is 12.5 Å². The Balaban J connectivity index is 1.99. The zero-order valence-electron chi connectivity index (χ0n) is 9.78. The highest BCUT2D eigenvalue weighted by Crippen LogP contribution is 2.18. The predicted octanol–water partition coefficient (Wildman–Crippen LogP) is 2.49. The molecule has 0 bridgehead atoms. The molecule has 2 rings (SSSR count). The molecule has 0 amide bonds. The van der Waals surface area contributed by atoms with Crippen LogP contribution < -0.4 is 0 Å². The van der Waals surface area contributed by atoms with E-state index in [0.717, 1.165) is 11.4 Å². The van der Waals surface area contributed by atoms with Crippen LogP contribution in [0.25, 0.3) is 5.69 Å². The lowest BCUT2D eigenvalue weighted by Gasteiger charge is -2.08. The van der Waals surface area contributed by atoms with Crippen LogP contribution in [-0.4, -0.2) is 26.7 Å². The van der Waals surface area contributed by atoms with E-state index in [9.17, 15) is 0 Å². The second kappa shape index (κ2) is 5.89. The summed E-state index contributed by atoms with van der Waals surface area (Å²) in [5.41, 5.74) is 2.34. The summed E-state index contributed by atoms with van der Waals surface area (Å²) >= 11 is 1.76. The molecule has 1 aromatic carbocycles. The van der Waals surface area contributed by atoms with Crippen LogP contribution in [0.5, 0.6) is 0 Å². The first-order valence-electron chi connectivity index (χ1n) is 5.61. The SMILES string of the molecule is CC(CO)SCc1ccc(-n2cccn2)cc1. The van der Waals surface area contributed by atoms with Gasteiger partial charge in [-0.2, -0.15) is 16.9 Å². The van der Waals surface area contributed by atoms with E-state index in [-0.39, 0.29) is 6.61 Å². The van der Waals surface area contributed by atoms with Gasteiger partial charge in [-0.3, -0.25) is 0 Å². The Hall–Kier alpha value is -1.26.